The van der Waals surface area contributed by atoms with Crippen LogP contribution in [0.5, 0.6) is 0 Å². The number of carboxylic acid groups (broad SMARTS) is 1. The highest BCUT2D eigenvalue weighted by Gasteiger charge is 2.44. The maximum atomic E-state index is 13.7. The number of carbonyl (C=O) groups is 2. The molecule has 1 aromatic rings. The highest BCUT2D eigenvalue weighted by atomic mass is 35.5. The number of carbonyl (C=O) groups excluding carboxylic acids is 1. The second-order valence-corrected chi connectivity index (χ2v) is 6.06. The van der Waals surface area contributed by atoms with E-state index in [1.54, 1.807) is 6.92 Å². The predicted molar refractivity (Wildman–Crippen MR) is 76.9 cm³/mol. The molecule has 2 unspecified atom stereocenters. The molecular formula is C15H17ClFNO3. The lowest BCUT2D eigenvalue weighted by Crippen LogP contribution is -2.52. The van der Waals surface area contributed by atoms with Crippen LogP contribution in [0.15, 0.2) is 18.2 Å². The van der Waals surface area contributed by atoms with Crippen LogP contribution in [-0.2, 0) is 4.79 Å². The SMILES string of the molecule is CC1(C(=O)O)CCCCC1NC(=O)c1ccc(Cl)cc1F. The molecule has 1 aliphatic carbocycles. The van der Waals surface area contributed by atoms with Gasteiger partial charge in [-0.2, -0.15) is 0 Å². The third-order valence-corrected chi connectivity index (χ3v) is 4.41. The Morgan fingerprint density at radius 2 is 2.14 bits per heavy atom. The highest BCUT2D eigenvalue weighted by molar-refractivity contribution is 6.30. The van der Waals surface area contributed by atoms with E-state index in [4.69, 9.17) is 11.6 Å². The monoisotopic (exact) mass is 313 g/mol. The van der Waals surface area contributed by atoms with Crippen LogP contribution in [-0.4, -0.2) is 23.0 Å². The third kappa shape index (κ3) is 3.18. The zero-order valence-electron chi connectivity index (χ0n) is 11.7. The molecule has 114 valence electrons. The third-order valence-electron chi connectivity index (χ3n) is 4.18. The van der Waals surface area contributed by atoms with Crippen LogP contribution in [0.1, 0.15) is 43.0 Å². The molecule has 2 atom stereocenters. The summed E-state index contributed by atoms with van der Waals surface area (Å²) in [6.07, 6.45) is 2.72. The van der Waals surface area contributed by atoms with Crippen molar-refractivity contribution in [2.24, 2.45) is 5.41 Å². The molecule has 0 radical (unpaired) electrons. The zero-order chi connectivity index (χ0) is 15.6. The van der Waals surface area contributed by atoms with Crippen molar-refractivity contribution in [3.05, 3.63) is 34.6 Å². The van der Waals surface area contributed by atoms with E-state index in [9.17, 15) is 19.1 Å². The number of hydrogen-bond acceptors (Lipinski definition) is 2. The lowest BCUT2D eigenvalue weighted by Gasteiger charge is -2.38. The van der Waals surface area contributed by atoms with Crippen molar-refractivity contribution in [1.29, 1.82) is 0 Å². The Hall–Kier alpha value is -1.62. The van der Waals surface area contributed by atoms with Gasteiger partial charge < -0.3 is 10.4 Å². The number of nitrogens with one attached hydrogen (secondary N) is 1. The van der Waals surface area contributed by atoms with Crippen molar-refractivity contribution < 1.29 is 19.1 Å². The Labute approximate surface area is 127 Å². The van der Waals surface area contributed by atoms with Crippen molar-refractivity contribution in [2.45, 2.75) is 38.6 Å². The summed E-state index contributed by atoms with van der Waals surface area (Å²) in [5, 5.41) is 12.3. The van der Waals surface area contributed by atoms with Crippen molar-refractivity contribution >= 4 is 23.5 Å². The number of halogens is 2. The number of benzene rings is 1. The molecular weight excluding hydrogens is 297 g/mol. The molecule has 1 saturated carbocycles. The normalized spacial score (nSPS) is 25.4. The number of hydrogen-bond donors (Lipinski definition) is 2. The first-order chi connectivity index (χ1) is 9.84. The summed E-state index contributed by atoms with van der Waals surface area (Å²) in [6.45, 7) is 1.62. The number of rotatable bonds is 3. The van der Waals surface area contributed by atoms with Gasteiger partial charge in [0.05, 0.1) is 11.0 Å². The lowest BCUT2D eigenvalue weighted by molar-refractivity contribution is -0.151. The van der Waals surface area contributed by atoms with Crippen LogP contribution >= 0.6 is 11.6 Å². The topological polar surface area (TPSA) is 66.4 Å². The first-order valence-electron chi connectivity index (χ1n) is 6.84. The van der Waals surface area contributed by atoms with Gasteiger partial charge in [0.15, 0.2) is 0 Å². The number of amides is 1. The molecule has 21 heavy (non-hydrogen) atoms. The molecule has 1 amide bonds. The standard InChI is InChI=1S/C15H17ClFNO3/c1-15(14(20)21)7-3-2-4-12(15)18-13(19)10-6-5-9(16)8-11(10)17/h5-6,8,12H,2-4,7H2,1H3,(H,18,19)(H,20,21). The molecule has 0 heterocycles. The van der Waals surface area contributed by atoms with E-state index >= 15 is 0 Å². The molecule has 2 N–H and O–H groups in total. The van der Waals surface area contributed by atoms with E-state index in [0.29, 0.717) is 12.8 Å². The van der Waals surface area contributed by atoms with Gasteiger partial charge in [-0.1, -0.05) is 24.4 Å². The zero-order valence-corrected chi connectivity index (χ0v) is 12.4. The molecule has 0 aliphatic heterocycles. The summed E-state index contributed by atoms with van der Waals surface area (Å²) >= 11 is 5.65. The molecule has 6 heteroatoms. The average Bonchev–Trinajstić information content (AvgIpc) is 2.41. The van der Waals surface area contributed by atoms with Gasteiger partial charge in [0.2, 0.25) is 0 Å². The van der Waals surface area contributed by atoms with Crippen molar-refractivity contribution in [3.63, 3.8) is 0 Å². The average molecular weight is 314 g/mol. The molecule has 0 bridgehead atoms. The van der Waals surface area contributed by atoms with Crippen molar-refractivity contribution in [2.75, 3.05) is 0 Å². The molecule has 1 aromatic carbocycles. The first-order valence-corrected chi connectivity index (χ1v) is 7.21. The van der Waals surface area contributed by atoms with Crippen LogP contribution in [0.25, 0.3) is 0 Å². The molecule has 0 saturated heterocycles. The predicted octanol–water partition coefficient (Wildman–Crippen LogP) is 3.24. The maximum absolute atomic E-state index is 13.7. The minimum absolute atomic E-state index is 0.127. The second kappa shape index (κ2) is 6.02. The van der Waals surface area contributed by atoms with E-state index in [1.807, 2.05) is 0 Å². The molecule has 1 aliphatic rings. The highest BCUT2D eigenvalue weighted by Crippen LogP contribution is 2.36. The van der Waals surface area contributed by atoms with Gasteiger partial charge in [-0.15, -0.1) is 0 Å². The van der Waals surface area contributed by atoms with Gasteiger partial charge in [0, 0.05) is 11.1 Å². The quantitative estimate of drug-likeness (QED) is 0.900. The largest absolute Gasteiger partial charge is 0.481 e. The number of aliphatic carboxylic acids is 1. The van der Waals surface area contributed by atoms with Crippen molar-refractivity contribution in [3.8, 4) is 0 Å². The summed E-state index contributed by atoms with van der Waals surface area (Å²) in [5.41, 5.74) is -1.14. The summed E-state index contributed by atoms with van der Waals surface area (Å²) in [7, 11) is 0. The fraction of sp³-hybridized carbons (Fsp3) is 0.467. The summed E-state index contributed by atoms with van der Waals surface area (Å²) < 4.78 is 13.7. The van der Waals surface area contributed by atoms with Crippen LogP contribution in [0.4, 0.5) is 4.39 Å². The van der Waals surface area contributed by atoms with Gasteiger partial charge >= 0.3 is 5.97 Å². The molecule has 2 rings (SSSR count). The van der Waals surface area contributed by atoms with Gasteiger partial charge in [-0.25, -0.2) is 4.39 Å². The molecule has 1 fully saturated rings. The van der Waals surface area contributed by atoms with E-state index in [-0.39, 0.29) is 10.6 Å². The van der Waals surface area contributed by atoms with Crippen molar-refractivity contribution in [1.82, 2.24) is 5.32 Å². The fourth-order valence-corrected chi connectivity index (χ4v) is 2.89. The van der Waals surface area contributed by atoms with E-state index in [0.717, 1.165) is 18.9 Å². The Balaban J connectivity index is 2.19. The smallest absolute Gasteiger partial charge is 0.311 e. The van der Waals surface area contributed by atoms with Crippen LogP contribution in [0.2, 0.25) is 5.02 Å². The second-order valence-electron chi connectivity index (χ2n) is 5.62. The Morgan fingerprint density at radius 1 is 1.43 bits per heavy atom. The Kier molecular flexibility index (Phi) is 4.52. The fourth-order valence-electron chi connectivity index (χ4n) is 2.73. The molecule has 0 spiro atoms. The summed E-state index contributed by atoms with van der Waals surface area (Å²) in [6, 6.07) is 3.28. The summed E-state index contributed by atoms with van der Waals surface area (Å²) in [5.74, 6) is -2.26. The lowest BCUT2D eigenvalue weighted by atomic mass is 9.71. The van der Waals surface area contributed by atoms with E-state index in [1.165, 1.54) is 12.1 Å². The minimum atomic E-state index is -1.02. The van der Waals surface area contributed by atoms with Crippen LogP contribution < -0.4 is 5.32 Å². The maximum Gasteiger partial charge on any atom is 0.311 e. The number of carboxylic acids is 1. The van der Waals surface area contributed by atoms with Crippen LogP contribution in [0.3, 0.4) is 0 Å². The van der Waals surface area contributed by atoms with E-state index < -0.39 is 29.2 Å². The minimum Gasteiger partial charge on any atom is -0.481 e. The van der Waals surface area contributed by atoms with E-state index in [2.05, 4.69) is 5.32 Å². The first kappa shape index (κ1) is 15.8. The van der Waals surface area contributed by atoms with Gasteiger partial charge in [0.1, 0.15) is 5.82 Å². The Bertz CT molecular complexity index is 578. The van der Waals surface area contributed by atoms with Gasteiger partial charge in [-0.05, 0) is 38.0 Å². The molecule has 0 aromatic heterocycles. The molecule has 4 nitrogen and oxygen atoms in total. The van der Waals surface area contributed by atoms with Crippen LogP contribution in [0, 0.1) is 11.2 Å². The van der Waals surface area contributed by atoms with Gasteiger partial charge in [-0.3, -0.25) is 9.59 Å². The summed E-state index contributed by atoms with van der Waals surface area (Å²) in [4.78, 5) is 23.6. The van der Waals surface area contributed by atoms with Gasteiger partial charge in [0.25, 0.3) is 5.91 Å². The Morgan fingerprint density at radius 3 is 2.76 bits per heavy atom.